The molecule has 51 heavy (non-hydrogen) atoms. The van der Waals surface area contributed by atoms with Crippen LogP contribution in [0, 0.1) is 0 Å². The van der Waals surface area contributed by atoms with Crippen LogP contribution in [0.3, 0.4) is 0 Å². The van der Waals surface area contributed by atoms with Crippen LogP contribution in [0.4, 0.5) is 34.1 Å². The number of benzene rings is 7. The lowest BCUT2D eigenvalue weighted by Gasteiger charge is -2.46. The number of hydrogen-bond donors (Lipinski definition) is 0. The highest BCUT2D eigenvalue weighted by atomic mass is 15.2. The molecule has 3 heteroatoms. The van der Waals surface area contributed by atoms with Gasteiger partial charge in [-0.25, -0.2) is 0 Å². The molecule has 7 aromatic carbocycles. The SMILES string of the molecule is CC(C)(c1ccccc1)c1ccccc1N1c2ccccc2B2c3c(cccc31)N(c1ccccc1)c1cccc(C(C)(C)c3ccccc3)c12. The van der Waals surface area contributed by atoms with E-state index in [-0.39, 0.29) is 17.5 Å². The number of para-hydroxylation sites is 3. The Morgan fingerprint density at radius 1 is 0.353 bits per heavy atom. The second kappa shape index (κ2) is 11.9. The lowest BCUT2D eigenvalue weighted by molar-refractivity contribution is 0.641. The molecular formula is C48H41BN2. The third-order valence-corrected chi connectivity index (χ3v) is 11.4. The summed E-state index contributed by atoms with van der Waals surface area (Å²) >= 11 is 0. The standard InChI is InChI=1S/C48H41BN2/c1-47(2,34-20-8-5-9-21-34)37-26-14-16-29-40(37)51-41-30-17-15-28-39(41)49-45-38(48(3,4)35-22-10-6-11-23-35)27-18-31-42(45)50(36-24-12-7-13-25-36)43-32-19-33-44(51)46(43)49/h5-33H,1-4H3. The molecule has 0 amide bonds. The van der Waals surface area contributed by atoms with Crippen molar-refractivity contribution in [1.82, 2.24) is 0 Å². The molecule has 0 bridgehead atoms. The normalized spacial score (nSPS) is 13.4. The fourth-order valence-corrected chi connectivity index (χ4v) is 8.81. The number of fused-ring (bicyclic) bond motifs is 4. The van der Waals surface area contributed by atoms with E-state index in [2.05, 4.69) is 213 Å². The molecule has 0 atom stereocenters. The first-order valence-electron chi connectivity index (χ1n) is 18.1. The van der Waals surface area contributed by atoms with Crippen LogP contribution in [0.15, 0.2) is 176 Å². The summed E-state index contributed by atoms with van der Waals surface area (Å²) in [4.78, 5) is 5.05. The number of anilines is 6. The summed E-state index contributed by atoms with van der Waals surface area (Å²) < 4.78 is 0. The lowest BCUT2D eigenvalue weighted by atomic mass is 9.32. The Kier molecular flexibility index (Phi) is 7.29. The fourth-order valence-electron chi connectivity index (χ4n) is 8.81. The predicted octanol–water partition coefficient (Wildman–Crippen LogP) is 10.4. The smallest absolute Gasteiger partial charge is 0.252 e. The van der Waals surface area contributed by atoms with E-state index in [0.717, 1.165) is 5.69 Å². The van der Waals surface area contributed by atoms with E-state index in [1.165, 1.54) is 67.1 Å². The Morgan fingerprint density at radius 2 is 0.784 bits per heavy atom. The average Bonchev–Trinajstić information content (AvgIpc) is 3.18. The Morgan fingerprint density at radius 3 is 1.43 bits per heavy atom. The third-order valence-electron chi connectivity index (χ3n) is 11.4. The van der Waals surface area contributed by atoms with Crippen molar-refractivity contribution in [3.05, 3.63) is 198 Å². The van der Waals surface area contributed by atoms with E-state index in [1.54, 1.807) is 0 Å². The first-order valence-corrected chi connectivity index (χ1v) is 18.1. The van der Waals surface area contributed by atoms with Crippen molar-refractivity contribution in [2.75, 3.05) is 9.80 Å². The van der Waals surface area contributed by atoms with Gasteiger partial charge in [-0.3, -0.25) is 0 Å². The molecule has 2 heterocycles. The molecule has 0 aliphatic carbocycles. The molecule has 9 rings (SSSR count). The first-order chi connectivity index (χ1) is 24.9. The van der Waals surface area contributed by atoms with E-state index in [4.69, 9.17) is 0 Å². The fraction of sp³-hybridized carbons (Fsp3) is 0.125. The molecule has 0 aromatic heterocycles. The second-order valence-corrected chi connectivity index (χ2v) is 14.9. The van der Waals surface area contributed by atoms with Gasteiger partial charge in [-0.15, -0.1) is 0 Å². The highest BCUT2D eigenvalue weighted by molar-refractivity contribution is 7.00. The van der Waals surface area contributed by atoms with Gasteiger partial charge in [0.25, 0.3) is 6.71 Å². The summed E-state index contributed by atoms with van der Waals surface area (Å²) in [6.07, 6.45) is 0. The monoisotopic (exact) mass is 656 g/mol. The summed E-state index contributed by atoms with van der Waals surface area (Å²) in [6.45, 7) is 9.52. The number of nitrogens with zero attached hydrogens (tertiary/aromatic N) is 2. The Labute approximate surface area is 302 Å². The summed E-state index contributed by atoms with van der Waals surface area (Å²) in [5, 5.41) is 0. The van der Waals surface area contributed by atoms with E-state index in [1.807, 2.05) is 0 Å². The topological polar surface area (TPSA) is 6.48 Å². The number of rotatable bonds is 6. The summed E-state index contributed by atoms with van der Waals surface area (Å²) in [6, 6.07) is 64.8. The predicted molar refractivity (Wildman–Crippen MR) is 218 cm³/mol. The largest absolute Gasteiger partial charge is 0.311 e. The van der Waals surface area contributed by atoms with Crippen molar-refractivity contribution in [2.24, 2.45) is 0 Å². The minimum Gasteiger partial charge on any atom is -0.311 e. The second-order valence-electron chi connectivity index (χ2n) is 14.9. The molecular weight excluding hydrogens is 615 g/mol. The zero-order chi connectivity index (χ0) is 34.7. The third kappa shape index (κ3) is 4.79. The molecule has 0 N–H and O–H groups in total. The highest BCUT2D eigenvalue weighted by Gasteiger charge is 2.46. The van der Waals surface area contributed by atoms with Crippen LogP contribution in [0.1, 0.15) is 49.9 Å². The van der Waals surface area contributed by atoms with Gasteiger partial charge >= 0.3 is 0 Å². The molecule has 2 nitrogen and oxygen atoms in total. The van der Waals surface area contributed by atoms with Crippen molar-refractivity contribution in [2.45, 2.75) is 38.5 Å². The zero-order valence-corrected chi connectivity index (χ0v) is 29.7. The molecule has 246 valence electrons. The molecule has 2 aliphatic rings. The lowest BCUT2D eigenvalue weighted by Crippen LogP contribution is -2.63. The van der Waals surface area contributed by atoms with Crippen LogP contribution in [-0.2, 0) is 10.8 Å². The molecule has 0 unspecified atom stereocenters. The van der Waals surface area contributed by atoms with Gasteiger partial charge in [0.2, 0.25) is 0 Å². The van der Waals surface area contributed by atoms with Gasteiger partial charge in [-0.1, -0.05) is 161 Å². The van der Waals surface area contributed by atoms with Gasteiger partial charge in [0.15, 0.2) is 0 Å². The van der Waals surface area contributed by atoms with Crippen LogP contribution in [0.2, 0.25) is 0 Å². The maximum absolute atomic E-state index is 2.55. The van der Waals surface area contributed by atoms with Crippen LogP contribution >= 0.6 is 0 Å². The van der Waals surface area contributed by atoms with E-state index >= 15 is 0 Å². The molecule has 0 spiro atoms. The van der Waals surface area contributed by atoms with Gasteiger partial charge in [0.05, 0.1) is 5.69 Å². The summed E-state index contributed by atoms with van der Waals surface area (Å²) in [5.74, 6) is 0. The Hall–Kier alpha value is -5.80. The van der Waals surface area contributed by atoms with Gasteiger partial charge in [0.1, 0.15) is 0 Å². The summed E-state index contributed by atoms with van der Waals surface area (Å²) in [7, 11) is 0. The van der Waals surface area contributed by atoms with Gasteiger partial charge in [-0.05, 0) is 81.1 Å². The van der Waals surface area contributed by atoms with Crippen LogP contribution in [0.25, 0.3) is 0 Å². The summed E-state index contributed by atoms with van der Waals surface area (Å²) in [5.41, 5.74) is 16.1. The van der Waals surface area contributed by atoms with E-state index in [0.29, 0.717) is 0 Å². The Bertz CT molecular complexity index is 2380. The first kappa shape index (κ1) is 31.2. The van der Waals surface area contributed by atoms with Crippen molar-refractivity contribution in [3.63, 3.8) is 0 Å². The zero-order valence-electron chi connectivity index (χ0n) is 29.7. The van der Waals surface area contributed by atoms with Crippen molar-refractivity contribution in [1.29, 1.82) is 0 Å². The minimum atomic E-state index is -0.236. The molecule has 7 aromatic rings. The maximum atomic E-state index is 2.55. The average molecular weight is 657 g/mol. The van der Waals surface area contributed by atoms with E-state index in [9.17, 15) is 0 Å². The van der Waals surface area contributed by atoms with Crippen molar-refractivity contribution >= 4 is 57.2 Å². The quantitative estimate of drug-likeness (QED) is 0.164. The van der Waals surface area contributed by atoms with Crippen molar-refractivity contribution in [3.8, 4) is 0 Å². The van der Waals surface area contributed by atoms with Gasteiger partial charge < -0.3 is 9.80 Å². The molecule has 0 radical (unpaired) electrons. The van der Waals surface area contributed by atoms with Crippen LogP contribution in [-0.4, -0.2) is 6.71 Å². The van der Waals surface area contributed by atoms with Crippen LogP contribution < -0.4 is 26.2 Å². The molecule has 2 aliphatic heterocycles. The maximum Gasteiger partial charge on any atom is 0.252 e. The highest BCUT2D eigenvalue weighted by Crippen LogP contribution is 2.48. The minimum absolute atomic E-state index is 0.0482. The van der Waals surface area contributed by atoms with Gasteiger partial charge in [-0.2, -0.15) is 0 Å². The Balaban J connectivity index is 1.35. The molecule has 0 fully saturated rings. The van der Waals surface area contributed by atoms with E-state index < -0.39 is 0 Å². The van der Waals surface area contributed by atoms with Crippen LogP contribution in [0.5, 0.6) is 0 Å². The van der Waals surface area contributed by atoms with Crippen molar-refractivity contribution < 1.29 is 0 Å². The molecule has 0 saturated heterocycles. The number of hydrogen-bond acceptors (Lipinski definition) is 2. The molecule has 0 saturated carbocycles. The van der Waals surface area contributed by atoms with Gasteiger partial charge in [0, 0.05) is 39.3 Å².